The van der Waals surface area contributed by atoms with Gasteiger partial charge in [-0.3, -0.25) is 19.2 Å². The topological polar surface area (TPSA) is 96.8 Å². The number of rotatable bonds is 3. The molecule has 0 saturated heterocycles. The Hall–Kier alpha value is -3.87. The van der Waals surface area contributed by atoms with Gasteiger partial charge in [0.15, 0.2) is 6.04 Å². The maximum absolute atomic E-state index is 13.9. The number of hydrogen-bond acceptors (Lipinski definition) is 6. The second kappa shape index (κ2) is 10.7. The highest BCUT2D eigenvalue weighted by atomic mass is 32.1. The molecule has 0 bridgehead atoms. The normalized spacial score (nSPS) is 18.5. The van der Waals surface area contributed by atoms with E-state index in [4.69, 9.17) is 4.74 Å². The SMILES string of the molecule is Cn1cc(-c2ccc3c(c2)CCCC(=O)N(CC(=O)N2Cc4sccc4OC[C@H]2C(F)(F)F)C(=O)NC3)cn1. The first-order valence-electron chi connectivity index (χ1n) is 12.3. The summed E-state index contributed by atoms with van der Waals surface area (Å²) in [4.78, 5) is 41.1. The van der Waals surface area contributed by atoms with Crippen LogP contribution in [0.15, 0.2) is 42.0 Å². The molecule has 0 spiro atoms. The first-order chi connectivity index (χ1) is 18.6. The molecular formula is C26H26F3N5O4S. The summed E-state index contributed by atoms with van der Waals surface area (Å²) < 4.78 is 48.6. The Morgan fingerprint density at radius 2 is 2.00 bits per heavy atom. The van der Waals surface area contributed by atoms with Crippen molar-refractivity contribution in [2.75, 3.05) is 13.2 Å². The Kier molecular flexibility index (Phi) is 7.34. The molecule has 4 amide bonds. The molecule has 1 N–H and O–H groups in total. The van der Waals surface area contributed by atoms with Crippen molar-refractivity contribution >= 4 is 29.2 Å². The number of urea groups is 1. The van der Waals surface area contributed by atoms with Crippen molar-refractivity contribution in [3.8, 4) is 16.9 Å². The molecule has 0 fully saturated rings. The fraction of sp³-hybridized carbons (Fsp3) is 0.385. The van der Waals surface area contributed by atoms with Crippen LogP contribution < -0.4 is 10.1 Å². The van der Waals surface area contributed by atoms with E-state index in [1.165, 1.54) is 11.3 Å². The Morgan fingerprint density at radius 3 is 2.74 bits per heavy atom. The van der Waals surface area contributed by atoms with Gasteiger partial charge >= 0.3 is 12.2 Å². The van der Waals surface area contributed by atoms with E-state index in [1.54, 1.807) is 22.3 Å². The zero-order valence-electron chi connectivity index (χ0n) is 21.0. The molecule has 2 aliphatic heterocycles. The predicted molar refractivity (Wildman–Crippen MR) is 136 cm³/mol. The van der Waals surface area contributed by atoms with E-state index < -0.39 is 43.2 Å². The minimum absolute atomic E-state index is 0.0435. The van der Waals surface area contributed by atoms with E-state index in [9.17, 15) is 27.6 Å². The number of imide groups is 1. The van der Waals surface area contributed by atoms with E-state index in [2.05, 4.69) is 10.4 Å². The van der Waals surface area contributed by atoms with Gasteiger partial charge < -0.3 is 15.0 Å². The number of benzene rings is 1. The lowest BCUT2D eigenvalue weighted by molar-refractivity contribution is -0.195. The van der Waals surface area contributed by atoms with E-state index >= 15 is 0 Å². The van der Waals surface area contributed by atoms with E-state index in [1.807, 2.05) is 31.4 Å². The summed E-state index contributed by atoms with van der Waals surface area (Å²) >= 11 is 1.17. The maximum atomic E-state index is 13.9. The van der Waals surface area contributed by atoms with Crippen molar-refractivity contribution in [2.24, 2.45) is 7.05 Å². The molecule has 0 saturated carbocycles. The Labute approximate surface area is 226 Å². The second-order valence-corrected chi connectivity index (χ2v) is 10.5. The van der Waals surface area contributed by atoms with Crippen molar-refractivity contribution in [1.82, 2.24) is 24.9 Å². The van der Waals surface area contributed by atoms with Crippen LogP contribution in [-0.2, 0) is 36.1 Å². The number of thiophene rings is 1. The van der Waals surface area contributed by atoms with Crippen LogP contribution in [0.2, 0.25) is 0 Å². The smallest absolute Gasteiger partial charge is 0.412 e. The van der Waals surface area contributed by atoms with Gasteiger partial charge in [0.25, 0.3) is 0 Å². The third kappa shape index (κ3) is 5.77. The van der Waals surface area contributed by atoms with Crippen LogP contribution in [-0.4, -0.2) is 62.8 Å². The summed E-state index contributed by atoms with van der Waals surface area (Å²) in [5, 5.41) is 8.52. The van der Waals surface area contributed by atoms with E-state index in [-0.39, 0.29) is 19.5 Å². The van der Waals surface area contributed by atoms with Crippen LogP contribution in [0.25, 0.3) is 11.1 Å². The van der Waals surface area contributed by atoms with Crippen LogP contribution in [0.5, 0.6) is 5.75 Å². The van der Waals surface area contributed by atoms with Crippen LogP contribution >= 0.6 is 11.3 Å². The number of nitrogens with zero attached hydrogens (tertiary/aromatic N) is 4. The monoisotopic (exact) mass is 561 g/mol. The van der Waals surface area contributed by atoms with Crippen LogP contribution in [0.3, 0.4) is 0 Å². The molecule has 0 aliphatic carbocycles. The lowest BCUT2D eigenvalue weighted by atomic mass is 9.96. The molecule has 9 nitrogen and oxygen atoms in total. The second-order valence-electron chi connectivity index (χ2n) is 9.48. The van der Waals surface area contributed by atoms with Gasteiger partial charge in [0.05, 0.1) is 17.6 Å². The molecule has 39 heavy (non-hydrogen) atoms. The van der Waals surface area contributed by atoms with Crippen LogP contribution in [0.4, 0.5) is 18.0 Å². The predicted octanol–water partition coefficient (Wildman–Crippen LogP) is 3.88. The van der Waals surface area contributed by atoms with Crippen molar-refractivity contribution in [2.45, 2.75) is 44.6 Å². The third-order valence-corrected chi connectivity index (χ3v) is 7.73. The number of carbonyl (C=O) groups is 3. The summed E-state index contributed by atoms with van der Waals surface area (Å²) in [7, 11) is 1.83. The van der Waals surface area contributed by atoms with Crippen molar-refractivity contribution < 1.29 is 32.3 Å². The van der Waals surface area contributed by atoms with Gasteiger partial charge in [-0.1, -0.05) is 18.2 Å². The zero-order valence-corrected chi connectivity index (χ0v) is 21.8. The first kappa shape index (κ1) is 26.7. The highest BCUT2D eigenvalue weighted by Crippen LogP contribution is 2.35. The number of aryl methyl sites for hydroxylation is 2. The first-order valence-corrected chi connectivity index (χ1v) is 13.2. The Balaban J connectivity index is 1.33. The van der Waals surface area contributed by atoms with Crippen LogP contribution in [0.1, 0.15) is 28.8 Å². The molecule has 0 radical (unpaired) electrons. The fourth-order valence-corrected chi connectivity index (χ4v) is 5.55. The number of aromatic nitrogens is 2. The molecule has 0 unspecified atom stereocenters. The van der Waals surface area contributed by atoms with Crippen molar-refractivity contribution in [1.29, 1.82) is 0 Å². The van der Waals surface area contributed by atoms with E-state index in [0.717, 1.165) is 22.3 Å². The summed E-state index contributed by atoms with van der Waals surface area (Å²) in [6.07, 6.45) is -0.199. The molecule has 4 heterocycles. The largest absolute Gasteiger partial charge is 0.490 e. The van der Waals surface area contributed by atoms with Gasteiger partial charge in [-0.15, -0.1) is 11.3 Å². The summed E-state index contributed by atoms with van der Waals surface area (Å²) in [6.45, 7) is -1.80. The number of hydrogen-bond donors (Lipinski definition) is 1. The van der Waals surface area contributed by atoms with Gasteiger partial charge in [0.2, 0.25) is 11.8 Å². The molecule has 206 valence electrons. The number of nitrogens with one attached hydrogen (secondary N) is 1. The standard InChI is InChI=1S/C26H26F3N5O4S/c1-32-12-19(11-31-32)17-5-6-18-10-30-25(37)34(23(35)4-2-3-16(18)9-17)14-24(36)33-13-21-20(7-8-39-21)38-15-22(33)26(27,28)29/h5-9,11-12,22H,2-4,10,13-15H2,1H3,(H,30,37)/t22-/m0/s1. The van der Waals surface area contributed by atoms with Gasteiger partial charge in [0, 0.05) is 31.8 Å². The molecule has 2 aromatic heterocycles. The Bertz CT molecular complexity index is 1400. The van der Waals surface area contributed by atoms with Gasteiger partial charge in [-0.05, 0) is 41.0 Å². The quantitative estimate of drug-likeness (QED) is 0.524. The number of halogens is 3. The summed E-state index contributed by atoms with van der Waals surface area (Å²) in [5.74, 6) is -1.31. The van der Waals surface area contributed by atoms with Crippen LogP contribution in [0, 0.1) is 0 Å². The van der Waals surface area contributed by atoms with Gasteiger partial charge in [0.1, 0.15) is 18.9 Å². The minimum Gasteiger partial charge on any atom is -0.490 e. The van der Waals surface area contributed by atoms with Crippen molar-refractivity contribution in [3.05, 3.63) is 58.0 Å². The van der Waals surface area contributed by atoms with Gasteiger partial charge in [-0.25, -0.2) is 4.79 Å². The lowest BCUT2D eigenvalue weighted by Gasteiger charge is -2.32. The highest BCUT2D eigenvalue weighted by molar-refractivity contribution is 7.10. The van der Waals surface area contributed by atoms with Gasteiger partial charge in [-0.2, -0.15) is 18.3 Å². The average Bonchev–Trinajstić information content (AvgIpc) is 3.48. The molecule has 1 aromatic carbocycles. The summed E-state index contributed by atoms with van der Waals surface area (Å²) in [6, 6.07) is 4.33. The van der Waals surface area contributed by atoms with E-state index in [0.29, 0.717) is 33.3 Å². The number of carbonyl (C=O) groups excluding carboxylic acids is 3. The molecule has 2 aliphatic rings. The van der Waals surface area contributed by atoms with Crippen molar-refractivity contribution in [3.63, 3.8) is 0 Å². The minimum atomic E-state index is -4.75. The number of amides is 4. The number of fused-ring (bicyclic) bond motifs is 2. The number of alkyl halides is 3. The number of ether oxygens (including phenoxy) is 1. The Morgan fingerprint density at radius 1 is 1.18 bits per heavy atom. The molecular weight excluding hydrogens is 535 g/mol. The lowest BCUT2D eigenvalue weighted by Crippen LogP contribution is -2.55. The summed E-state index contributed by atoms with van der Waals surface area (Å²) in [5.41, 5.74) is 3.72. The maximum Gasteiger partial charge on any atom is 0.412 e. The highest BCUT2D eigenvalue weighted by Gasteiger charge is 2.48. The zero-order chi connectivity index (χ0) is 27.7. The average molecular weight is 562 g/mol. The molecule has 1 atom stereocenters. The fourth-order valence-electron chi connectivity index (χ4n) is 4.74. The molecule has 3 aromatic rings. The molecule has 5 rings (SSSR count). The third-order valence-electron chi connectivity index (χ3n) is 6.84. The molecule has 13 heteroatoms.